The summed E-state index contributed by atoms with van der Waals surface area (Å²) in [6.45, 7) is 0.216. The number of likely N-dealkylation sites (N-methyl/N-ethyl adjacent to an activating group) is 1. The van der Waals surface area contributed by atoms with Gasteiger partial charge in [-0.05, 0) is 23.8 Å². The number of likely N-dealkylation sites (tertiary alicyclic amines) is 1. The van der Waals surface area contributed by atoms with Gasteiger partial charge in [-0.15, -0.1) is 11.3 Å². The Bertz CT molecular complexity index is 1250. The van der Waals surface area contributed by atoms with Gasteiger partial charge in [-0.3, -0.25) is 4.79 Å². The van der Waals surface area contributed by atoms with Gasteiger partial charge in [0.2, 0.25) is 0 Å². The summed E-state index contributed by atoms with van der Waals surface area (Å²) in [6, 6.07) is 8.98. The highest BCUT2D eigenvalue weighted by Crippen LogP contribution is 2.36. The largest absolute Gasteiger partial charge is 0.388 e. The molecule has 0 unspecified atom stereocenters. The molecule has 9 nitrogen and oxygen atoms in total. The van der Waals surface area contributed by atoms with E-state index in [4.69, 9.17) is 5.73 Å². The molecule has 0 spiro atoms. The predicted molar refractivity (Wildman–Crippen MR) is 129 cm³/mol. The summed E-state index contributed by atoms with van der Waals surface area (Å²) >= 11 is 1.43. The number of nitrogens with one attached hydrogen (secondary N) is 1. The number of benzene rings is 1. The lowest BCUT2D eigenvalue weighted by Crippen LogP contribution is -2.36. The van der Waals surface area contributed by atoms with Crippen molar-refractivity contribution in [1.29, 1.82) is 0 Å². The zero-order valence-electron chi connectivity index (χ0n) is 18.5. The summed E-state index contributed by atoms with van der Waals surface area (Å²) < 4.78 is 12.1. The minimum absolute atomic E-state index is 0.171. The van der Waals surface area contributed by atoms with Crippen molar-refractivity contribution in [2.24, 2.45) is 10.7 Å². The van der Waals surface area contributed by atoms with Crippen molar-refractivity contribution < 1.29 is 14.3 Å². The first-order valence-corrected chi connectivity index (χ1v) is 11.5. The summed E-state index contributed by atoms with van der Waals surface area (Å²) in [5, 5.41) is 16.3. The molecule has 2 aromatic heterocycles. The lowest BCUT2D eigenvalue weighted by atomic mass is 9.91. The first kappa shape index (κ1) is 23.5. The number of nitrogens with zero attached hydrogens (tertiary/aromatic N) is 5. The van der Waals surface area contributed by atoms with Gasteiger partial charge in [0, 0.05) is 49.9 Å². The monoisotopic (exact) mass is 481 g/mol. The Kier molecular flexibility index (Phi) is 6.94. The Morgan fingerprint density at radius 1 is 1.38 bits per heavy atom. The van der Waals surface area contributed by atoms with Crippen LogP contribution in [0.2, 0.25) is 0 Å². The molecule has 4 rings (SSSR count). The van der Waals surface area contributed by atoms with Crippen LogP contribution in [0, 0.1) is 0 Å². The molecule has 1 aliphatic heterocycles. The number of amidine groups is 1. The zero-order chi connectivity index (χ0) is 24.1. The zero-order valence-corrected chi connectivity index (χ0v) is 19.3. The molecule has 0 saturated carbocycles. The molecule has 0 bridgehead atoms. The minimum atomic E-state index is -1.51. The van der Waals surface area contributed by atoms with Gasteiger partial charge >= 0.3 is 0 Å². The molecular formula is C23H24FN7O2S. The van der Waals surface area contributed by atoms with Crippen LogP contribution in [0.3, 0.4) is 0 Å². The van der Waals surface area contributed by atoms with E-state index in [0.29, 0.717) is 29.9 Å². The van der Waals surface area contributed by atoms with Crippen LogP contribution in [0.25, 0.3) is 22.0 Å². The van der Waals surface area contributed by atoms with Gasteiger partial charge in [0.25, 0.3) is 11.9 Å². The van der Waals surface area contributed by atoms with Gasteiger partial charge in [0.1, 0.15) is 23.2 Å². The molecule has 0 aliphatic carbocycles. The van der Waals surface area contributed by atoms with Crippen molar-refractivity contribution in [2.45, 2.75) is 12.0 Å². The number of alkyl halides is 1. The molecule has 176 valence electrons. The smallest absolute Gasteiger partial charge is 0.258 e. The van der Waals surface area contributed by atoms with Crippen LogP contribution in [0.15, 0.2) is 59.2 Å². The number of hydrogen-bond acceptors (Lipinski definition) is 8. The van der Waals surface area contributed by atoms with Crippen LogP contribution < -0.4 is 11.1 Å². The van der Waals surface area contributed by atoms with E-state index >= 15 is 0 Å². The molecule has 1 amide bonds. The molecule has 3 aromatic rings. The third-order valence-electron chi connectivity index (χ3n) is 5.35. The second-order valence-corrected chi connectivity index (χ2v) is 8.57. The summed E-state index contributed by atoms with van der Waals surface area (Å²) in [6.07, 6.45) is 4.93. The number of aliphatic imine (C=N–C) groups is 1. The Morgan fingerprint density at radius 2 is 2.24 bits per heavy atom. The fourth-order valence-corrected chi connectivity index (χ4v) is 4.35. The van der Waals surface area contributed by atoms with Crippen molar-refractivity contribution in [3.05, 3.63) is 59.7 Å². The lowest BCUT2D eigenvalue weighted by molar-refractivity contribution is -0.143. The second-order valence-electron chi connectivity index (χ2n) is 7.71. The van der Waals surface area contributed by atoms with E-state index in [1.165, 1.54) is 28.5 Å². The highest BCUT2D eigenvalue weighted by molar-refractivity contribution is 7.13. The molecule has 1 saturated heterocycles. The summed E-state index contributed by atoms with van der Waals surface area (Å²) in [5.41, 5.74) is 6.89. The standard InChI is InChI=1S/C23H24FN7O2S/c1-31-12-7-23(33,21(31)32)16-4-2-3-15(13-16)20-28-18(14-34-20)17-5-10-27-22(29-17)30-19(25)6-9-26-11-8-24/h2-6,9-10,13-14,26,33H,7-8,11-12H2,1H3,(H2,25,27,29,30)/b9-6-/t23-/m1/s1. The average Bonchev–Trinajstić information content (AvgIpc) is 3.44. The van der Waals surface area contributed by atoms with Gasteiger partial charge in [-0.2, -0.15) is 4.99 Å². The van der Waals surface area contributed by atoms with E-state index in [9.17, 15) is 14.3 Å². The van der Waals surface area contributed by atoms with E-state index in [1.807, 2.05) is 17.5 Å². The first-order valence-electron chi connectivity index (χ1n) is 10.6. The number of amides is 1. The Morgan fingerprint density at radius 3 is 3.00 bits per heavy atom. The molecule has 1 aliphatic rings. The van der Waals surface area contributed by atoms with Crippen molar-refractivity contribution in [2.75, 3.05) is 26.8 Å². The number of aromatic nitrogens is 3. The van der Waals surface area contributed by atoms with E-state index in [1.54, 1.807) is 31.4 Å². The highest BCUT2D eigenvalue weighted by atomic mass is 32.1. The molecule has 3 heterocycles. The summed E-state index contributed by atoms with van der Waals surface area (Å²) in [5.74, 6) is 0.0444. The fraction of sp³-hybridized carbons (Fsp3) is 0.261. The number of thiazole rings is 1. The second kappa shape index (κ2) is 10.1. The van der Waals surface area contributed by atoms with Crippen LogP contribution in [-0.4, -0.2) is 63.5 Å². The van der Waals surface area contributed by atoms with E-state index in [0.717, 1.165) is 10.6 Å². The van der Waals surface area contributed by atoms with Crippen LogP contribution in [0.5, 0.6) is 0 Å². The molecular weight excluding hydrogens is 457 g/mol. The minimum Gasteiger partial charge on any atom is -0.388 e. The van der Waals surface area contributed by atoms with Gasteiger partial charge in [0.05, 0.1) is 5.69 Å². The number of halogens is 1. The third-order valence-corrected chi connectivity index (χ3v) is 6.24. The normalized spacial score (nSPS) is 18.7. The molecule has 11 heteroatoms. The summed E-state index contributed by atoms with van der Waals surface area (Å²) in [4.78, 5) is 31.3. The number of aliphatic hydroxyl groups is 1. The SMILES string of the molecule is CN1CC[C@@](O)(c2cccc(-c3nc(-c4ccnc(/N=C(N)\C=C/NCCF)n4)cs3)c2)C1=O. The van der Waals surface area contributed by atoms with Gasteiger partial charge in [-0.25, -0.2) is 19.3 Å². The van der Waals surface area contributed by atoms with Crippen LogP contribution >= 0.6 is 11.3 Å². The fourth-order valence-electron chi connectivity index (χ4n) is 3.53. The topological polar surface area (TPSA) is 130 Å². The third kappa shape index (κ3) is 4.95. The van der Waals surface area contributed by atoms with E-state index in [2.05, 4.69) is 25.3 Å². The Hall–Kier alpha value is -3.70. The summed E-state index contributed by atoms with van der Waals surface area (Å²) in [7, 11) is 1.69. The van der Waals surface area contributed by atoms with Crippen molar-refractivity contribution >= 4 is 29.0 Å². The Balaban J connectivity index is 1.55. The highest BCUT2D eigenvalue weighted by Gasteiger charge is 2.45. The average molecular weight is 482 g/mol. The molecule has 1 atom stereocenters. The maximum atomic E-state index is 12.5. The number of hydrogen-bond donors (Lipinski definition) is 3. The van der Waals surface area contributed by atoms with Crippen molar-refractivity contribution in [1.82, 2.24) is 25.2 Å². The number of rotatable bonds is 8. The van der Waals surface area contributed by atoms with Gasteiger partial charge < -0.3 is 21.1 Å². The van der Waals surface area contributed by atoms with E-state index < -0.39 is 12.3 Å². The number of carbonyl (C=O) groups is 1. The van der Waals surface area contributed by atoms with Gasteiger partial charge in [-0.1, -0.05) is 18.2 Å². The molecule has 1 aromatic carbocycles. The molecule has 34 heavy (non-hydrogen) atoms. The maximum absolute atomic E-state index is 12.5. The predicted octanol–water partition coefficient (Wildman–Crippen LogP) is 2.38. The van der Waals surface area contributed by atoms with E-state index in [-0.39, 0.29) is 24.2 Å². The quantitative estimate of drug-likeness (QED) is 0.256. The van der Waals surface area contributed by atoms with Crippen molar-refractivity contribution in [3.63, 3.8) is 0 Å². The maximum Gasteiger partial charge on any atom is 0.258 e. The molecule has 4 N–H and O–H groups in total. The van der Waals surface area contributed by atoms with Crippen molar-refractivity contribution in [3.8, 4) is 22.0 Å². The van der Waals surface area contributed by atoms with Crippen LogP contribution in [0.1, 0.15) is 12.0 Å². The Labute approximate surface area is 199 Å². The van der Waals surface area contributed by atoms with Gasteiger partial charge in [0.15, 0.2) is 5.60 Å². The lowest BCUT2D eigenvalue weighted by Gasteiger charge is -2.21. The van der Waals surface area contributed by atoms with Crippen LogP contribution in [0.4, 0.5) is 10.3 Å². The first-order chi connectivity index (χ1) is 16.4. The molecule has 1 fully saturated rings. The number of carbonyl (C=O) groups excluding carboxylic acids is 1. The van der Waals surface area contributed by atoms with Crippen LogP contribution in [-0.2, 0) is 10.4 Å². The molecule has 0 radical (unpaired) electrons. The number of nitrogens with two attached hydrogens (primary N) is 1.